The number of carbonyl (C=O) groups excluding carboxylic acids is 1. The highest BCUT2D eigenvalue weighted by Crippen LogP contribution is 2.34. The van der Waals surface area contributed by atoms with Crippen molar-refractivity contribution in [3.8, 4) is 0 Å². The molecule has 0 saturated carbocycles. The van der Waals surface area contributed by atoms with Crippen LogP contribution in [0.4, 0.5) is 0 Å². The molecule has 0 saturated heterocycles. The zero-order chi connectivity index (χ0) is 19.6. The molecule has 2 heterocycles. The van der Waals surface area contributed by atoms with Gasteiger partial charge in [0, 0.05) is 17.5 Å². The van der Waals surface area contributed by atoms with Crippen LogP contribution in [0.25, 0.3) is 10.2 Å². The van der Waals surface area contributed by atoms with Crippen LogP contribution < -0.4 is 10.9 Å². The largest absolute Gasteiger partial charge is 0.383 e. The first-order chi connectivity index (χ1) is 12.8. The smallest absolute Gasteiger partial charge is 0.263 e. The highest BCUT2D eigenvalue weighted by molar-refractivity contribution is 7.99. The maximum atomic E-state index is 13.2. The lowest BCUT2D eigenvalue weighted by Gasteiger charge is -2.20. The monoisotopic (exact) mass is 409 g/mol. The maximum Gasteiger partial charge on any atom is 0.263 e. The highest BCUT2D eigenvalue weighted by Gasteiger charge is 2.23. The van der Waals surface area contributed by atoms with Gasteiger partial charge in [-0.05, 0) is 52.0 Å². The molecule has 6 nitrogen and oxygen atoms in total. The SMILES string of the molecule is COCCn1c(SCC(=O)NC(C)(C)C)nc2sc3c(c2c1=O)CCCC3. The summed E-state index contributed by atoms with van der Waals surface area (Å²) in [5.41, 5.74) is 0.902. The molecule has 1 aliphatic rings. The number of hydrogen-bond acceptors (Lipinski definition) is 6. The number of aryl methyl sites for hydroxylation is 2. The first-order valence-electron chi connectivity index (χ1n) is 9.28. The molecular weight excluding hydrogens is 382 g/mol. The summed E-state index contributed by atoms with van der Waals surface area (Å²) in [6.45, 7) is 6.72. The summed E-state index contributed by atoms with van der Waals surface area (Å²) in [6.07, 6.45) is 4.29. The van der Waals surface area contributed by atoms with Gasteiger partial charge in [-0.15, -0.1) is 11.3 Å². The van der Waals surface area contributed by atoms with Gasteiger partial charge in [0.25, 0.3) is 5.56 Å². The van der Waals surface area contributed by atoms with Gasteiger partial charge < -0.3 is 10.1 Å². The first-order valence-corrected chi connectivity index (χ1v) is 11.1. The molecule has 0 aromatic carbocycles. The third kappa shape index (κ3) is 4.73. The first kappa shape index (κ1) is 20.4. The highest BCUT2D eigenvalue weighted by atomic mass is 32.2. The second-order valence-electron chi connectivity index (χ2n) is 7.82. The molecule has 0 unspecified atom stereocenters. The summed E-state index contributed by atoms with van der Waals surface area (Å²) >= 11 is 2.95. The molecule has 0 atom stereocenters. The minimum absolute atomic E-state index is 0.00446. The Hall–Kier alpha value is -1.38. The van der Waals surface area contributed by atoms with Gasteiger partial charge in [-0.2, -0.15) is 0 Å². The Bertz CT molecular complexity index is 896. The van der Waals surface area contributed by atoms with Crippen LogP contribution in [0.5, 0.6) is 0 Å². The van der Waals surface area contributed by atoms with E-state index in [0.29, 0.717) is 18.3 Å². The van der Waals surface area contributed by atoms with Gasteiger partial charge in [0.15, 0.2) is 5.16 Å². The third-order valence-electron chi connectivity index (χ3n) is 4.41. The number of ether oxygens (including phenoxy) is 1. The van der Waals surface area contributed by atoms with Gasteiger partial charge in [-0.1, -0.05) is 11.8 Å². The van der Waals surface area contributed by atoms with E-state index in [1.807, 2.05) is 20.8 Å². The molecule has 0 bridgehead atoms. The van der Waals surface area contributed by atoms with Crippen LogP contribution in [0.3, 0.4) is 0 Å². The Morgan fingerprint density at radius 3 is 2.78 bits per heavy atom. The number of rotatable bonds is 6. The lowest BCUT2D eigenvalue weighted by atomic mass is 9.97. The van der Waals surface area contributed by atoms with Crippen molar-refractivity contribution >= 4 is 39.2 Å². The molecule has 0 aliphatic heterocycles. The summed E-state index contributed by atoms with van der Waals surface area (Å²) in [6, 6.07) is 0. The normalized spacial score (nSPS) is 14.4. The standard InChI is InChI=1S/C19H27N3O3S2/c1-19(2,3)21-14(23)11-26-18-20-16-15(17(24)22(18)9-10-25-4)12-7-5-6-8-13(12)27-16/h5-11H2,1-4H3,(H,21,23). The molecule has 1 aliphatic carbocycles. The molecule has 0 spiro atoms. The number of methoxy groups -OCH3 is 1. The van der Waals surface area contributed by atoms with Gasteiger partial charge in [0.05, 0.1) is 24.3 Å². The van der Waals surface area contributed by atoms with Gasteiger partial charge in [-0.25, -0.2) is 4.98 Å². The fourth-order valence-electron chi connectivity index (χ4n) is 3.29. The van der Waals surface area contributed by atoms with Gasteiger partial charge >= 0.3 is 0 Å². The Morgan fingerprint density at radius 1 is 1.33 bits per heavy atom. The number of fused-ring (bicyclic) bond motifs is 3. The fraction of sp³-hybridized carbons (Fsp3) is 0.632. The van der Waals surface area contributed by atoms with E-state index in [1.54, 1.807) is 23.0 Å². The van der Waals surface area contributed by atoms with Gasteiger partial charge in [0.2, 0.25) is 5.91 Å². The van der Waals surface area contributed by atoms with Crippen molar-refractivity contribution in [2.24, 2.45) is 0 Å². The summed E-state index contributed by atoms with van der Waals surface area (Å²) in [7, 11) is 1.62. The molecule has 2 aromatic heterocycles. The maximum absolute atomic E-state index is 13.2. The summed E-state index contributed by atoms with van der Waals surface area (Å²) < 4.78 is 6.85. The molecule has 0 radical (unpaired) electrons. The Kier molecular flexibility index (Phi) is 6.28. The molecular formula is C19H27N3O3S2. The van der Waals surface area contributed by atoms with E-state index in [9.17, 15) is 9.59 Å². The van der Waals surface area contributed by atoms with Crippen molar-refractivity contribution in [3.05, 3.63) is 20.8 Å². The molecule has 1 amide bonds. The number of hydrogen-bond donors (Lipinski definition) is 1. The molecule has 148 valence electrons. The van der Waals surface area contributed by atoms with E-state index in [-0.39, 0.29) is 22.8 Å². The predicted molar refractivity (Wildman–Crippen MR) is 111 cm³/mol. The van der Waals surface area contributed by atoms with E-state index in [4.69, 9.17) is 9.72 Å². The number of nitrogens with one attached hydrogen (secondary N) is 1. The minimum Gasteiger partial charge on any atom is -0.383 e. The van der Waals surface area contributed by atoms with E-state index in [2.05, 4.69) is 5.32 Å². The quantitative estimate of drug-likeness (QED) is 0.586. The van der Waals surface area contributed by atoms with E-state index >= 15 is 0 Å². The zero-order valence-electron chi connectivity index (χ0n) is 16.4. The fourth-order valence-corrected chi connectivity index (χ4v) is 5.42. The Morgan fingerprint density at radius 2 is 2.07 bits per heavy atom. The van der Waals surface area contributed by atoms with Crippen molar-refractivity contribution in [1.29, 1.82) is 0 Å². The molecule has 8 heteroatoms. The summed E-state index contributed by atoms with van der Waals surface area (Å²) in [4.78, 5) is 32.3. The van der Waals surface area contributed by atoms with Crippen molar-refractivity contribution in [1.82, 2.24) is 14.9 Å². The van der Waals surface area contributed by atoms with Gasteiger partial charge in [-0.3, -0.25) is 14.2 Å². The predicted octanol–water partition coefficient (Wildman–Crippen LogP) is 2.99. The van der Waals surface area contributed by atoms with Crippen LogP contribution in [0.15, 0.2) is 9.95 Å². The average molecular weight is 410 g/mol. The van der Waals surface area contributed by atoms with E-state index in [1.165, 1.54) is 28.6 Å². The van der Waals surface area contributed by atoms with Crippen molar-refractivity contribution in [2.45, 2.75) is 63.7 Å². The Balaban J connectivity index is 1.95. The molecule has 1 N–H and O–H groups in total. The molecule has 0 fully saturated rings. The van der Waals surface area contributed by atoms with E-state index < -0.39 is 0 Å². The van der Waals surface area contributed by atoms with Crippen LogP contribution in [0.2, 0.25) is 0 Å². The zero-order valence-corrected chi connectivity index (χ0v) is 18.0. The summed E-state index contributed by atoms with van der Waals surface area (Å²) in [5, 5.41) is 4.31. The molecule has 3 rings (SSSR count). The van der Waals surface area contributed by atoms with Crippen molar-refractivity contribution < 1.29 is 9.53 Å². The number of thiophene rings is 1. The number of carbonyl (C=O) groups is 1. The average Bonchev–Trinajstić information content (AvgIpc) is 2.96. The lowest BCUT2D eigenvalue weighted by Crippen LogP contribution is -2.41. The van der Waals surface area contributed by atoms with Crippen molar-refractivity contribution in [2.75, 3.05) is 19.5 Å². The second-order valence-corrected chi connectivity index (χ2v) is 9.85. The van der Waals surface area contributed by atoms with Crippen molar-refractivity contribution in [3.63, 3.8) is 0 Å². The van der Waals surface area contributed by atoms with Crippen LogP contribution in [0, 0.1) is 0 Å². The third-order valence-corrected chi connectivity index (χ3v) is 6.57. The number of thioether (sulfide) groups is 1. The second kappa shape index (κ2) is 8.32. The van der Waals surface area contributed by atoms with Crippen LogP contribution in [-0.4, -0.2) is 40.5 Å². The molecule has 2 aromatic rings. The Labute approximate surface area is 167 Å². The van der Waals surface area contributed by atoms with E-state index in [0.717, 1.165) is 29.5 Å². The number of amides is 1. The topological polar surface area (TPSA) is 73.2 Å². The number of nitrogens with zero attached hydrogens (tertiary/aromatic N) is 2. The molecule has 27 heavy (non-hydrogen) atoms. The van der Waals surface area contributed by atoms with Gasteiger partial charge in [0.1, 0.15) is 4.83 Å². The minimum atomic E-state index is -0.280. The van der Waals surface area contributed by atoms with Crippen LogP contribution in [-0.2, 0) is 28.9 Å². The van der Waals surface area contributed by atoms with Crippen LogP contribution in [0.1, 0.15) is 44.1 Å². The number of aromatic nitrogens is 2. The summed E-state index contributed by atoms with van der Waals surface area (Å²) in [5.74, 6) is 0.165. The lowest BCUT2D eigenvalue weighted by molar-refractivity contribution is -0.119. The van der Waals surface area contributed by atoms with Crippen LogP contribution >= 0.6 is 23.1 Å².